The van der Waals surface area contributed by atoms with Crippen molar-refractivity contribution in [3.05, 3.63) is 65.7 Å². The van der Waals surface area contributed by atoms with Gasteiger partial charge in [-0.05, 0) is 38.0 Å². The average molecular weight is 318 g/mol. The summed E-state index contributed by atoms with van der Waals surface area (Å²) in [7, 11) is 0. The first-order valence-electron chi connectivity index (χ1n) is 8.19. The molecule has 4 heteroatoms. The Morgan fingerprint density at radius 3 is 2.46 bits per heavy atom. The predicted octanol–water partition coefficient (Wildman–Crippen LogP) is 4.94. The monoisotopic (exact) mass is 318 g/mol. The molecule has 0 fully saturated rings. The summed E-state index contributed by atoms with van der Waals surface area (Å²) < 4.78 is 0. The molecular weight excluding hydrogens is 296 g/mol. The lowest BCUT2D eigenvalue weighted by atomic mass is 10.1. The number of aryl methyl sites for hydroxylation is 1. The number of hydrogen-bond acceptors (Lipinski definition) is 4. The molecule has 0 amide bonds. The van der Waals surface area contributed by atoms with E-state index in [4.69, 9.17) is 0 Å². The van der Waals surface area contributed by atoms with E-state index >= 15 is 0 Å². The Balaban J connectivity index is 2.00. The van der Waals surface area contributed by atoms with E-state index in [1.54, 1.807) is 0 Å². The lowest BCUT2D eigenvalue weighted by Gasteiger charge is -2.13. The molecule has 3 aromatic rings. The molecule has 122 valence electrons. The minimum absolute atomic E-state index is 0.631. The van der Waals surface area contributed by atoms with Crippen LogP contribution in [-0.2, 0) is 0 Å². The molecular formula is C20H22N4. The second-order valence-corrected chi connectivity index (χ2v) is 5.73. The normalized spacial score (nSPS) is 10.5. The predicted molar refractivity (Wildman–Crippen MR) is 101 cm³/mol. The van der Waals surface area contributed by atoms with Crippen molar-refractivity contribution in [3.8, 4) is 11.3 Å². The zero-order valence-corrected chi connectivity index (χ0v) is 14.3. The highest BCUT2D eigenvalue weighted by Gasteiger charge is 2.08. The van der Waals surface area contributed by atoms with Crippen LogP contribution in [0.2, 0.25) is 0 Å². The zero-order chi connectivity index (χ0) is 16.9. The Hall–Kier alpha value is -2.88. The average Bonchev–Trinajstić information content (AvgIpc) is 2.60. The number of nitrogens with one attached hydrogen (secondary N) is 2. The van der Waals surface area contributed by atoms with E-state index < -0.39 is 0 Å². The van der Waals surface area contributed by atoms with Crippen LogP contribution in [-0.4, -0.2) is 16.5 Å². The number of aromatic nitrogens is 2. The molecule has 2 N–H and O–H groups in total. The number of hydrogen-bond donors (Lipinski definition) is 2. The summed E-state index contributed by atoms with van der Waals surface area (Å²) in [5, 5.41) is 6.64. The van der Waals surface area contributed by atoms with Crippen LogP contribution in [0, 0.1) is 13.8 Å². The van der Waals surface area contributed by atoms with E-state index in [0.29, 0.717) is 5.95 Å². The molecule has 0 aliphatic carbocycles. The van der Waals surface area contributed by atoms with E-state index in [0.717, 1.165) is 29.3 Å². The van der Waals surface area contributed by atoms with E-state index in [2.05, 4.69) is 64.8 Å². The van der Waals surface area contributed by atoms with Gasteiger partial charge in [0.1, 0.15) is 5.82 Å². The van der Waals surface area contributed by atoms with E-state index in [-0.39, 0.29) is 0 Å². The molecule has 0 saturated heterocycles. The first kappa shape index (κ1) is 16.0. The summed E-state index contributed by atoms with van der Waals surface area (Å²) in [5.41, 5.74) is 5.51. The Morgan fingerprint density at radius 1 is 0.917 bits per heavy atom. The largest absolute Gasteiger partial charge is 0.354 e. The zero-order valence-electron chi connectivity index (χ0n) is 14.3. The quantitative estimate of drug-likeness (QED) is 0.700. The summed E-state index contributed by atoms with van der Waals surface area (Å²) in [5.74, 6) is 1.42. The first-order valence-corrected chi connectivity index (χ1v) is 8.19. The minimum Gasteiger partial charge on any atom is -0.354 e. The molecule has 0 aliphatic rings. The van der Waals surface area contributed by atoms with Gasteiger partial charge in [-0.2, -0.15) is 4.98 Å². The molecule has 24 heavy (non-hydrogen) atoms. The molecule has 0 bridgehead atoms. The van der Waals surface area contributed by atoms with Crippen molar-refractivity contribution in [3.63, 3.8) is 0 Å². The van der Waals surface area contributed by atoms with Gasteiger partial charge in [-0.3, -0.25) is 0 Å². The summed E-state index contributed by atoms with van der Waals surface area (Å²) in [6.45, 7) is 7.04. The maximum atomic E-state index is 4.61. The Labute approximate surface area is 143 Å². The maximum absolute atomic E-state index is 4.61. The topological polar surface area (TPSA) is 49.8 Å². The van der Waals surface area contributed by atoms with Gasteiger partial charge in [0.05, 0.1) is 5.69 Å². The van der Waals surface area contributed by atoms with Crippen molar-refractivity contribution in [1.82, 2.24) is 9.97 Å². The van der Waals surface area contributed by atoms with Crippen LogP contribution in [0.25, 0.3) is 11.3 Å². The van der Waals surface area contributed by atoms with Crippen molar-refractivity contribution in [2.24, 2.45) is 0 Å². The molecule has 0 spiro atoms. The molecule has 0 aliphatic heterocycles. The van der Waals surface area contributed by atoms with Gasteiger partial charge in [0, 0.05) is 23.9 Å². The lowest BCUT2D eigenvalue weighted by Crippen LogP contribution is -2.06. The van der Waals surface area contributed by atoms with E-state index in [1.165, 1.54) is 11.1 Å². The fourth-order valence-electron chi connectivity index (χ4n) is 2.53. The Kier molecular flexibility index (Phi) is 4.75. The highest BCUT2D eigenvalue weighted by molar-refractivity contribution is 5.69. The summed E-state index contributed by atoms with van der Waals surface area (Å²) in [6, 6.07) is 18.4. The highest BCUT2D eigenvalue weighted by Crippen LogP contribution is 2.26. The molecule has 0 unspecified atom stereocenters. The molecule has 0 radical (unpaired) electrons. The van der Waals surface area contributed by atoms with E-state index in [9.17, 15) is 0 Å². The Bertz CT molecular complexity index is 828. The van der Waals surface area contributed by atoms with Crippen LogP contribution in [0.1, 0.15) is 18.1 Å². The van der Waals surface area contributed by atoms with Gasteiger partial charge in [-0.15, -0.1) is 0 Å². The van der Waals surface area contributed by atoms with Crippen LogP contribution in [0.5, 0.6) is 0 Å². The standard InChI is InChI=1S/C20H22N4/c1-4-21-20-23-18(16-10-6-5-7-11-16)13-19(24-20)22-17-12-8-9-14(2)15(17)3/h5-13H,4H2,1-3H3,(H2,21,22,23,24). The third-order valence-electron chi connectivity index (χ3n) is 4.00. The van der Waals surface area contributed by atoms with Crippen LogP contribution in [0.15, 0.2) is 54.6 Å². The number of benzene rings is 2. The summed E-state index contributed by atoms with van der Waals surface area (Å²) in [4.78, 5) is 9.19. The smallest absolute Gasteiger partial charge is 0.225 e. The van der Waals surface area contributed by atoms with Gasteiger partial charge in [0.25, 0.3) is 0 Å². The third-order valence-corrected chi connectivity index (χ3v) is 4.00. The number of rotatable bonds is 5. The van der Waals surface area contributed by atoms with Gasteiger partial charge in [-0.1, -0.05) is 42.5 Å². The molecule has 1 heterocycles. The molecule has 4 nitrogen and oxygen atoms in total. The molecule has 1 aromatic heterocycles. The van der Waals surface area contributed by atoms with Gasteiger partial charge in [0.2, 0.25) is 5.95 Å². The van der Waals surface area contributed by atoms with Crippen molar-refractivity contribution in [2.45, 2.75) is 20.8 Å². The molecule has 0 saturated carbocycles. The SMILES string of the molecule is CCNc1nc(Nc2cccc(C)c2C)cc(-c2ccccc2)n1. The highest BCUT2D eigenvalue weighted by atomic mass is 15.1. The van der Waals surface area contributed by atoms with Crippen LogP contribution >= 0.6 is 0 Å². The van der Waals surface area contributed by atoms with Crippen LogP contribution < -0.4 is 10.6 Å². The Morgan fingerprint density at radius 2 is 1.71 bits per heavy atom. The minimum atomic E-state index is 0.631. The van der Waals surface area contributed by atoms with Crippen LogP contribution in [0.4, 0.5) is 17.5 Å². The van der Waals surface area contributed by atoms with Crippen molar-refractivity contribution in [1.29, 1.82) is 0 Å². The molecule has 0 atom stereocenters. The first-order chi connectivity index (χ1) is 11.7. The van der Waals surface area contributed by atoms with Gasteiger partial charge >= 0.3 is 0 Å². The fraction of sp³-hybridized carbons (Fsp3) is 0.200. The summed E-state index contributed by atoms with van der Waals surface area (Å²) in [6.07, 6.45) is 0. The fourth-order valence-corrected chi connectivity index (χ4v) is 2.53. The van der Waals surface area contributed by atoms with E-state index in [1.807, 2.05) is 31.2 Å². The number of anilines is 3. The third kappa shape index (κ3) is 3.54. The van der Waals surface area contributed by atoms with Crippen molar-refractivity contribution >= 4 is 17.5 Å². The van der Waals surface area contributed by atoms with Crippen LogP contribution in [0.3, 0.4) is 0 Å². The lowest BCUT2D eigenvalue weighted by molar-refractivity contribution is 1.09. The van der Waals surface area contributed by atoms with Gasteiger partial charge < -0.3 is 10.6 Å². The molecule has 2 aromatic carbocycles. The number of nitrogens with zero attached hydrogens (tertiary/aromatic N) is 2. The summed E-state index contributed by atoms with van der Waals surface area (Å²) >= 11 is 0. The van der Waals surface area contributed by atoms with Gasteiger partial charge in [0.15, 0.2) is 0 Å². The second kappa shape index (κ2) is 7.13. The second-order valence-electron chi connectivity index (χ2n) is 5.73. The van der Waals surface area contributed by atoms with Crippen molar-refractivity contribution < 1.29 is 0 Å². The maximum Gasteiger partial charge on any atom is 0.225 e. The van der Waals surface area contributed by atoms with Gasteiger partial charge in [-0.25, -0.2) is 4.98 Å². The molecule has 3 rings (SSSR count). The van der Waals surface area contributed by atoms with Crippen molar-refractivity contribution in [2.75, 3.05) is 17.2 Å².